The van der Waals surface area contributed by atoms with E-state index < -0.39 is 20.2 Å². The fourth-order valence-corrected chi connectivity index (χ4v) is 11.6. The van der Waals surface area contributed by atoms with Crippen LogP contribution in [-0.2, 0) is 3.36 Å². The maximum absolute atomic E-state index is 3.84. The fourth-order valence-electron chi connectivity index (χ4n) is 5.47. The Bertz CT molecular complexity index is 1210. The summed E-state index contributed by atoms with van der Waals surface area (Å²) < 4.78 is 3.77. The van der Waals surface area contributed by atoms with Crippen LogP contribution in [0.4, 0.5) is 0 Å². The molecule has 0 heterocycles. The van der Waals surface area contributed by atoms with Gasteiger partial charge in [0.2, 0.25) is 0 Å². The van der Waals surface area contributed by atoms with Crippen LogP contribution in [0.15, 0.2) is 103 Å². The number of hydrogen-bond acceptors (Lipinski definition) is 0. The molecule has 0 atom stereocenters. The molecule has 0 saturated carbocycles. The zero-order chi connectivity index (χ0) is 20.1. The van der Waals surface area contributed by atoms with Crippen LogP contribution >= 0.6 is 0 Å². The Morgan fingerprint density at radius 1 is 0.600 bits per heavy atom. The maximum atomic E-state index is 3.84. The van der Waals surface area contributed by atoms with Crippen LogP contribution in [0.1, 0.15) is 44.9 Å². The van der Waals surface area contributed by atoms with Crippen LogP contribution in [0.25, 0.3) is 0 Å². The molecule has 0 radical (unpaired) electrons. The predicted molar refractivity (Wildman–Crippen MR) is 125 cm³/mol. The molecule has 0 saturated heterocycles. The molecule has 2 bridgehead atoms. The van der Waals surface area contributed by atoms with Gasteiger partial charge in [0.05, 0.1) is 0 Å². The Labute approximate surface area is 185 Å². The van der Waals surface area contributed by atoms with E-state index in [9.17, 15) is 0 Å². The normalized spacial score (nSPS) is 20.0. The molecule has 0 N–H and O–H groups in total. The van der Waals surface area contributed by atoms with Crippen LogP contribution in [0.5, 0.6) is 0 Å². The van der Waals surface area contributed by atoms with Gasteiger partial charge in [-0.25, -0.2) is 0 Å². The van der Waals surface area contributed by atoms with Gasteiger partial charge in [0.1, 0.15) is 0 Å². The Kier molecular flexibility index (Phi) is 4.16. The Morgan fingerprint density at radius 3 is 1.53 bits per heavy atom. The van der Waals surface area contributed by atoms with E-state index in [1.54, 1.807) is 0 Å². The first kappa shape index (κ1) is 18.1. The van der Waals surface area contributed by atoms with E-state index in [1.165, 1.54) is 33.4 Å². The molecule has 0 aliphatic heterocycles. The first-order valence-corrected chi connectivity index (χ1v) is 15.5. The van der Waals surface area contributed by atoms with Crippen LogP contribution in [0.3, 0.4) is 0 Å². The molecule has 1 heteroatoms. The molecule has 0 unspecified atom stereocenters. The zero-order valence-corrected chi connectivity index (χ0v) is 19.4. The third-order valence-corrected chi connectivity index (χ3v) is 12.8. The zero-order valence-electron chi connectivity index (χ0n) is 16.8. The quantitative estimate of drug-likeness (QED) is 0.224. The van der Waals surface area contributed by atoms with E-state index in [2.05, 4.69) is 118 Å². The standard InChI is InChI=1S/C20H13.C8H5.CH3.Sb/c1-2-8-14-13(7-1)19-15-9-3-5-11-17(15)20(14)18-12-6-4-10-16(18)19;1-2-8-6-4-3-5-7-8;;/h1-12,19H;3-7H;1H3;. The summed E-state index contributed by atoms with van der Waals surface area (Å²) >= 11 is -2.18. The van der Waals surface area contributed by atoms with E-state index in [-0.39, 0.29) is 3.36 Å². The van der Waals surface area contributed by atoms with Crippen LogP contribution in [-0.4, -0.2) is 20.2 Å². The second-order valence-electron chi connectivity index (χ2n) is 8.07. The molecule has 30 heavy (non-hydrogen) atoms. The van der Waals surface area contributed by atoms with Crippen molar-refractivity contribution in [1.29, 1.82) is 0 Å². The van der Waals surface area contributed by atoms with E-state index in [0.29, 0.717) is 5.92 Å². The molecule has 3 aliphatic carbocycles. The fraction of sp³-hybridized carbons (Fsp3) is 0.103. The van der Waals surface area contributed by atoms with Gasteiger partial charge in [0, 0.05) is 0 Å². The van der Waals surface area contributed by atoms with Crippen molar-refractivity contribution in [1.82, 2.24) is 0 Å². The van der Waals surface area contributed by atoms with Crippen molar-refractivity contribution < 1.29 is 0 Å². The summed E-state index contributed by atoms with van der Waals surface area (Å²) in [7, 11) is 0. The number of benzene rings is 4. The number of rotatable bonds is 1. The van der Waals surface area contributed by atoms with Gasteiger partial charge in [-0.2, -0.15) is 0 Å². The molecule has 0 nitrogen and oxygen atoms in total. The Hall–Kier alpha value is -2.74. The summed E-state index contributed by atoms with van der Waals surface area (Å²) in [5.74, 6) is 3.88. The molecule has 0 fully saturated rings. The SMILES string of the molecule is [CH3][Sb]([C]#Cc1ccccc1)[C]12c3ccccc3C(c3ccccc31)c1ccccc12. The van der Waals surface area contributed by atoms with E-state index in [1.807, 2.05) is 0 Å². The summed E-state index contributed by atoms with van der Waals surface area (Å²) in [4.78, 5) is 2.48. The summed E-state index contributed by atoms with van der Waals surface area (Å²) in [5.41, 5.74) is 10.1. The van der Waals surface area contributed by atoms with Gasteiger partial charge in [-0.1, -0.05) is 0 Å². The summed E-state index contributed by atoms with van der Waals surface area (Å²) in [5, 5.41) is 0. The summed E-state index contributed by atoms with van der Waals surface area (Å²) in [6.45, 7) is 0. The van der Waals surface area contributed by atoms with Gasteiger partial charge >= 0.3 is 186 Å². The molecule has 3 aliphatic rings. The molecule has 7 rings (SSSR count). The van der Waals surface area contributed by atoms with Crippen molar-refractivity contribution in [2.24, 2.45) is 0 Å². The third-order valence-electron chi connectivity index (χ3n) is 6.63. The topological polar surface area (TPSA) is 0 Å². The molecule has 0 amide bonds. The second kappa shape index (κ2) is 6.90. The van der Waals surface area contributed by atoms with Gasteiger partial charge in [-0.05, 0) is 0 Å². The molecule has 4 aromatic rings. The van der Waals surface area contributed by atoms with Crippen molar-refractivity contribution in [3.63, 3.8) is 0 Å². The van der Waals surface area contributed by atoms with Gasteiger partial charge in [0.15, 0.2) is 0 Å². The van der Waals surface area contributed by atoms with E-state index >= 15 is 0 Å². The Morgan fingerprint density at radius 2 is 1.03 bits per heavy atom. The van der Waals surface area contributed by atoms with Crippen molar-refractivity contribution in [2.45, 2.75) is 14.1 Å². The summed E-state index contributed by atoms with van der Waals surface area (Å²) in [6, 6.07) is 37.8. The van der Waals surface area contributed by atoms with Crippen molar-refractivity contribution in [3.05, 3.63) is 142 Å². The van der Waals surface area contributed by atoms with E-state index in [4.69, 9.17) is 0 Å². The van der Waals surface area contributed by atoms with Crippen LogP contribution in [0, 0.1) is 9.79 Å². The van der Waals surface area contributed by atoms with Gasteiger partial charge in [-0.3, -0.25) is 0 Å². The van der Waals surface area contributed by atoms with Gasteiger partial charge in [0.25, 0.3) is 0 Å². The molecule has 0 aromatic heterocycles. The van der Waals surface area contributed by atoms with Crippen molar-refractivity contribution >= 4 is 20.2 Å². The first-order chi connectivity index (χ1) is 14.8. The Balaban J connectivity index is 1.68. The minimum absolute atomic E-state index is 0.0664. The minimum atomic E-state index is -2.18. The third kappa shape index (κ3) is 2.37. The molecule has 4 aromatic carbocycles. The average Bonchev–Trinajstić information content (AvgIpc) is 2.83. The average molecular weight is 491 g/mol. The number of hydrogen-bond donors (Lipinski definition) is 0. The van der Waals surface area contributed by atoms with Crippen LogP contribution < -0.4 is 0 Å². The monoisotopic (exact) mass is 490 g/mol. The van der Waals surface area contributed by atoms with Crippen molar-refractivity contribution in [2.75, 3.05) is 0 Å². The predicted octanol–water partition coefficient (Wildman–Crippen LogP) is 6.08. The van der Waals surface area contributed by atoms with E-state index in [0.717, 1.165) is 5.56 Å². The molecular formula is C29H21Sb. The molecular weight excluding hydrogens is 470 g/mol. The van der Waals surface area contributed by atoms with Crippen LogP contribution in [0.2, 0.25) is 4.87 Å². The molecule has 0 spiro atoms. The van der Waals surface area contributed by atoms with Gasteiger partial charge < -0.3 is 0 Å². The molecule has 142 valence electrons. The first-order valence-electron chi connectivity index (χ1n) is 10.4. The summed E-state index contributed by atoms with van der Waals surface area (Å²) in [6.07, 6.45) is 0. The van der Waals surface area contributed by atoms with Gasteiger partial charge in [-0.15, -0.1) is 0 Å². The second-order valence-corrected chi connectivity index (χ2v) is 13.8. The van der Waals surface area contributed by atoms with Crippen molar-refractivity contribution in [3.8, 4) is 9.79 Å².